The normalized spacial score (nSPS) is 7.45. The molecule has 0 spiro atoms. The first kappa shape index (κ1) is 12.7. The van der Waals surface area contributed by atoms with Gasteiger partial charge in [0, 0.05) is 0 Å². The molecule has 3 nitrogen and oxygen atoms in total. The SMILES string of the molecule is O.O.OB(F)c1ccccc1. The second kappa shape index (κ2) is 5.85. The van der Waals surface area contributed by atoms with Crippen molar-refractivity contribution in [3.63, 3.8) is 0 Å². The Balaban J connectivity index is 0. The molecule has 0 radical (unpaired) electrons. The Morgan fingerprint density at radius 2 is 1.55 bits per heavy atom. The maximum Gasteiger partial charge on any atom is 0.532 e. The van der Waals surface area contributed by atoms with E-state index in [4.69, 9.17) is 5.02 Å². The lowest BCUT2D eigenvalue weighted by atomic mass is 9.83. The fraction of sp³-hybridized carbons (Fsp3) is 0. The van der Waals surface area contributed by atoms with Gasteiger partial charge in [-0.15, -0.1) is 0 Å². The van der Waals surface area contributed by atoms with Crippen LogP contribution in [-0.2, 0) is 0 Å². The van der Waals surface area contributed by atoms with Crippen LogP contribution in [0.4, 0.5) is 4.32 Å². The monoisotopic (exact) mass is 160 g/mol. The van der Waals surface area contributed by atoms with Gasteiger partial charge in [-0.05, 0) is 5.46 Å². The van der Waals surface area contributed by atoms with E-state index >= 15 is 0 Å². The molecule has 0 aromatic heterocycles. The summed E-state index contributed by atoms with van der Waals surface area (Å²) in [6.07, 6.45) is 0. The van der Waals surface area contributed by atoms with E-state index in [2.05, 4.69) is 0 Å². The minimum Gasteiger partial charge on any atom is -0.420 e. The molecular weight excluding hydrogens is 150 g/mol. The van der Waals surface area contributed by atoms with Gasteiger partial charge < -0.3 is 16.0 Å². The van der Waals surface area contributed by atoms with Crippen LogP contribution in [0, 0.1) is 0 Å². The van der Waals surface area contributed by atoms with Crippen molar-refractivity contribution in [2.75, 3.05) is 0 Å². The van der Waals surface area contributed by atoms with Crippen molar-refractivity contribution in [3.05, 3.63) is 30.3 Å². The zero-order chi connectivity index (χ0) is 6.69. The number of halogens is 1. The number of rotatable bonds is 1. The highest BCUT2D eigenvalue weighted by molar-refractivity contribution is 6.59. The lowest BCUT2D eigenvalue weighted by molar-refractivity contribution is 0.515. The van der Waals surface area contributed by atoms with E-state index in [1.807, 2.05) is 0 Å². The highest BCUT2D eigenvalue weighted by atomic mass is 19.1. The molecular formula is C6H10BFO3. The fourth-order valence-corrected chi connectivity index (χ4v) is 0.612. The Labute approximate surface area is 64.3 Å². The van der Waals surface area contributed by atoms with Crippen molar-refractivity contribution < 1.29 is 20.3 Å². The summed E-state index contributed by atoms with van der Waals surface area (Å²) in [6, 6.07) is 8.19. The predicted octanol–water partition coefficient (Wildman–Crippen LogP) is -1.31. The summed E-state index contributed by atoms with van der Waals surface area (Å²) in [7, 11) is -1.84. The second-order valence-electron chi connectivity index (χ2n) is 1.75. The number of hydrogen-bond donors (Lipinski definition) is 1. The summed E-state index contributed by atoms with van der Waals surface area (Å²) in [5.41, 5.74) is 0.303. The van der Waals surface area contributed by atoms with Gasteiger partial charge in [-0.25, -0.2) is 0 Å². The largest absolute Gasteiger partial charge is 0.532 e. The summed E-state index contributed by atoms with van der Waals surface area (Å²) < 4.78 is 12.0. The third-order valence-corrected chi connectivity index (χ3v) is 1.07. The summed E-state index contributed by atoms with van der Waals surface area (Å²) in [4.78, 5) is 0. The number of benzene rings is 1. The first-order valence-electron chi connectivity index (χ1n) is 2.68. The van der Waals surface area contributed by atoms with E-state index in [1.54, 1.807) is 18.2 Å². The van der Waals surface area contributed by atoms with Crippen molar-refractivity contribution in [1.29, 1.82) is 0 Å². The molecule has 0 aliphatic rings. The van der Waals surface area contributed by atoms with Gasteiger partial charge in [0.15, 0.2) is 0 Å². The Kier molecular flexibility index (Phi) is 6.77. The minimum absolute atomic E-state index is 0. The van der Waals surface area contributed by atoms with Gasteiger partial charge in [0.25, 0.3) is 0 Å². The molecule has 0 bridgehead atoms. The highest BCUT2D eigenvalue weighted by Crippen LogP contribution is 1.85. The molecule has 0 fully saturated rings. The maximum absolute atomic E-state index is 12.0. The van der Waals surface area contributed by atoms with Crippen molar-refractivity contribution in [2.45, 2.75) is 0 Å². The first-order chi connectivity index (χ1) is 4.30. The quantitative estimate of drug-likeness (QED) is 0.508. The smallest absolute Gasteiger partial charge is 0.420 e. The lowest BCUT2D eigenvalue weighted by Crippen LogP contribution is -2.24. The van der Waals surface area contributed by atoms with E-state index < -0.39 is 7.19 Å². The molecule has 0 unspecified atom stereocenters. The van der Waals surface area contributed by atoms with Crippen LogP contribution in [0.2, 0.25) is 0 Å². The minimum atomic E-state index is -1.84. The molecule has 0 saturated carbocycles. The van der Waals surface area contributed by atoms with E-state index in [0.717, 1.165) is 0 Å². The summed E-state index contributed by atoms with van der Waals surface area (Å²) in [5.74, 6) is 0. The van der Waals surface area contributed by atoms with Gasteiger partial charge in [-0.2, -0.15) is 0 Å². The van der Waals surface area contributed by atoms with Gasteiger partial charge in [0.05, 0.1) is 0 Å². The summed E-state index contributed by atoms with van der Waals surface area (Å²) in [6.45, 7) is 0. The molecule has 0 amide bonds. The van der Waals surface area contributed by atoms with Crippen molar-refractivity contribution in [1.82, 2.24) is 0 Å². The van der Waals surface area contributed by atoms with Crippen LogP contribution < -0.4 is 5.46 Å². The molecule has 1 aromatic carbocycles. The van der Waals surface area contributed by atoms with Gasteiger partial charge in [0.1, 0.15) is 0 Å². The van der Waals surface area contributed by atoms with Crippen LogP contribution in [0.15, 0.2) is 30.3 Å². The van der Waals surface area contributed by atoms with Gasteiger partial charge in [0.2, 0.25) is 0 Å². The Hall–Kier alpha value is -0.905. The van der Waals surface area contributed by atoms with Crippen LogP contribution in [0.3, 0.4) is 0 Å². The van der Waals surface area contributed by atoms with Crippen molar-refractivity contribution in [3.8, 4) is 0 Å². The lowest BCUT2D eigenvalue weighted by Gasteiger charge is -1.92. The van der Waals surface area contributed by atoms with Crippen LogP contribution in [0.1, 0.15) is 0 Å². The topological polar surface area (TPSA) is 83.2 Å². The zero-order valence-electron chi connectivity index (χ0n) is 5.79. The molecule has 0 atom stereocenters. The van der Waals surface area contributed by atoms with Crippen molar-refractivity contribution >= 4 is 12.7 Å². The molecule has 62 valence electrons. The summed E-state index contributed by atoms with van der Waals surface area (Å²) >= 11 is 0. The molecule has 1 aromatic rings. The van der Waals surface area contributed by atoms with Crippen molar-refractivity contribution in [2.24, 2.45) is 0 Å². The van der Waals surface area contributed by atoms with Crippen LogP contribution >= 0.6 is 0 Å². The molecule has 5 heteroatoms. The van der Waals surface area contributed by atoms with Gasteiger partial charge in [-0.3, -0.25) is 4.32 Å². The molecule has 5 N–H and O–H groups in total. The number of hydrogen-bond acceptors (Lipinski definition) is 1. The average Bonchev–Trinajstić information content (AvgIpc) is 1.90. The molecule has 0 aliphatic heterocycles. The van der Waals surface area contributed by atoms with Crippen LogP contribution in [0.25, 0.3) is 0 Å². The highest BCUT2D eigenvalue weighted by Gasteiger charge is 2.10. The fourth-order valence-electron chi connectivity index (χ4n) is 0.612. The Morgan fingerprint density at radius 3 is 1.82 bits per heavy atom. The average molecular weight is 160 g/mol. The van der Waals surface area contributed by atoms with E-state index in [9.17, 15) is 4.32 Å². The third-order valence-electron chi connectivity index (χ3n) is 1.07. The van der Waals surface area contributed by atoms with Crippen LogP contribution in [0.5, 0.6) is 0 Å². The van der Waals surface area contributed by atoms with E-state index in [-0.39, 0.29) is 11.0 Å². The van der Waals surface area contributed by atoms with E-state index in [1.165, 1.54) is 12.1 Å². The molecule has 1 rings (SSSR count). The second-order valence-corrected chi connectivity index (χ2v) is 1.75. The maximum atomic E-state index is 12.0. The predicted molar refractivity (Wildman–Crippen MR) is 42.4 cm³/mol. The molecule has 0 heterocycles. The third kappa shape index (κ3) is 3.72. The zero-order valence-corrected chi connectivity index (χ0v) is 5.79. The van der Waals surface area contributed by atoms with E-state index in [0.29, 0.717) is 5.46 Å². The molecule has 0 aliphatic carbocycles. The Bertz CT molecular complexity index is 180. The van der Waals surface area contributed by atoms with Gasteiger partial charge in [-0.1, -0.05) is 30.3 Å². The summed E-state index contributed by atoms with van der Waals surface area (Å²) in [5, 5.41) is 8.36. The van der Waals surface area contributed by atoms with Gasteiger partial charge >= 0.3 is 7.19 Å². The molecule has 0 saturated heterocycles. The Morgan fingerprint density at radius 1 is 1.09 bits per heavy atom. The first-order valence-corrected chi connectivity index (χ1v) is 2.68. The standard InChI is InChI=1S/C6H6BFO.2H2O/c8-7(9)6-4-2-1-3-5-6;;/h1-5,9H;2*1H2. The van der Waals surface area contributed by atoms with Crippen LogP contribution in [-0.4, -0.2) is 23.2 Å². The molecule has 11 heavy (non-hydrogen) atoms.